The summed E-state index contributed by atoms with van der Waals surface area (Å²) in [5, 5.41) is 6.20. The molecular formula is C54H63F2N11O5. The van der Waals surface area contributed by atoms with Crippen molar-refractivity contribution in [3.63, 3.8) is 0 Å². The van der Waals surface area contributed by atoms with E-state index in [1.165, 1.54) is 21.3 Å². The van der Waals surface area contributed by atoms with Gasteiger partial charge in [0.25, 0.3) is 11.5 Å². The molecule has 10 rings (SSSR count). The number of pyridine rings is 2. The van der Waals surface area contributed by atoms with Crippen molar-refractivity contribution in [1.82, 2.24) is 48.2 Å². The van der Waals surface area contributed by atoms with Crippen LogP contribution >= 0.6 is 0 Å². The molecule has 72 heavy (non-hydrogen) atoms. The average Bonchev–Trinajstić information content (AvgIpc) is 3.82. The Balaban J connectivity index is 0.724. The van der Waals surface area contributed by atoms with Crippen LogP contribution in [-0.4, -0.2) is 126 Å². The number of aromatic nitrogens is 5. The summed E-state index contributed by atoms with van der Waals surface area (Å²) in [5.41, 5.74) is 6.77. The molecule has 4 aliphatic heterocycles. The lowest BCUT2D eigenvalue weighted by Crippen LogP contribution is -2.53. The number of imide groups is 1. The summed E-state index contributed by atoms with van der Waals surface area (Å²) < 4.78 is 38.3. The van der Waals surface area contributed by atoms with Gasteiger partial charge in [-0.3, -0.25) is 52.9 Å². The van der Waals surface area contributed by atoms with Crippen LogP contribution in [0.1, 0.15) is 90.8 Å². The van der Waals surface area contributed by atoms with Gasteiger partial charge in [0.1, 0.15) is 23.3 Å². The maximum Gasteiger partial charge on any atom is 0.329 e. The molecule has 3 saturated heterocycles. The van der Waals surface area contributed by atoms with Crippen molar-refractivity contribution in [1.29, 1.82) is 0 Å². The maximum absolute atomic E-state index is 16.1. The molecule has 0 saturated carbocycles. The summed E-state index contributed by atoms with van der Waals surface area (Å²) in [7, 11) is 5.39. The van der Waals surface area contributed by atoms with E-state index in [9.17, 15) is 24.0 Å². The van der Waals surface area contributed by atoms with Crippen LogP contribution in [0.5, 0.6) is 0 Å². The Bertz CT molecular complexity index is 3270. The van der Waals surface area contributed by atoms with Gasteiger partial charge in [-0.15, -0.1) is 0 Å². The van der Waals surface area contributed by atoms with Crippen molar-refractivity contribution in [3.05, 3.63) is 127 Å². The normalized spacial score (nSPS) is 20.3. The Morgan fingerprint density at radius 3 is 2.39 bits per heavy atom. The van der Waals surface area contributed by atoms with Gasteiger partial charge in [0.15, 0.2) is 0 Å². The standard InChI is InChI=1S/C54H63F2N11O5/c1-32-23-37(24-42(56)50(32)36-12-18-63(19-13-36)34(3)45-27-40-43(9-15-58-51(40)60(45)5)66-20-14-39(57-4)26-49(66)69)53(71)64-16-10-35(11-17-64)30-65-22-21-62(29-33(65)2)31-38-25-46-47(28-41(38)55)67(54(72)61(46)6)44-7-8-48(68)59-52(44)70/h9,12,14-15,20,23-28,33-35,44,57H,7-8,10-11,13,16-19,21-22,29-31H2,1-6H3,(H,59,68,70)/t33-,34-,44?/m0/s1. The summed E-state index contributed by atoms with van der Waals surface area (Å²) in [6.07, 6.45) is 8.25. The highest BCUT2D eigenvalue weighted by Crippen LogP contribution is 2.35. The van der Waals surface area contributed by atoms with Crippen molar-refractivity contribution in [2.24, 2.45) is 20.0 Å². The Hall–Kier alpha value is -6.76. The van der Waals surface area contributed by atoms with E-state index in [1.54, 1.807) is 43.2 Å². The van der Waals surface area contributed by atoms with Gasteiger partial charge in [-0.25, -0.2) is 18.6 Å². The van der Waals surface area contributed by atoms with Gasteiger partial charge < -0.3 is 14.8 Å². The molecule has 0 bridgehead atoms. The molecule has 2 aromatic carbocycles. The SMILES string of the molecule is CNc1ccn(-c2ccnc3c2cc([C@H](C)N2CC=C(c4c(C)cc(C(=O)N5CCC(CN6CCN(Cc7cc8c(cc7F)n(C7CCC(=O)NC7=O)c(=O)n8C)C[C@@H]6C)CC5)cc4F)CC2)n3C)c(=O)c1. The number of nitrogens with one attached hydrogen (secondary N) is 2. The highest BCUT2D eigenvalue weighted by atomic mass is 19.1. The number of piperidine rings is 2. The van der Waals surface area contributed by atoms with E-state index in [0.717, 1.165) is 84.8 Å². The number of fused-ring (bicyclic) bond motifs is 2. The van der Waals surface area contributed by atoms with Crippen LogP contribution in [0.15, 0.2) is 76.6 Å². The van der Waals surface area contributed by atoms with Crippen LogP contribution in [-0.2, 0) is 30.2 Å². The first-order valence-corrected chi connectivity index (χ1v) is 25.2. The van der Waals surface area contributed by atoms with Gasteiger partial charge in [-0.1, -0.05) is 6.08 Å². The third-order valence-corrected chi connectivity index (χ3v) is 15.9. The Morgan fingerprint density at radius 1 is 0.903 bits per heavy atom. The van der Waals surface area contributed by atoms with Crippen LogP contribution in [0.3, 0.4) is 0 Å². The Labute approximate surface area is 416 Å². The quantitative estimate of drug-likeness (QED) is 0.150. The van der Waals surface area contributed by atoms with E-state index in [0.29, 0.717) is 66.2 Å². The number of likely N-dealkylation sites (tertiary alicyclic amines) is 1. The molecule has 378 valence electrons. The smallest absolute Gasteiger partial charge is 0.329 e. The third kappa shape index (κ3) is 9.08. The molecule has 8 heterocycles. The summed E-state index contributed by atoms with van der Waals surface area (Å²) in [4.78, 5) is 78.1. The summed E-state index contributed by atoms with van der Waals surface area (Å²) in [6, 6.07) is 13.1. The Morgan fingerprint density at radius 2 is 1.69 bits per heavy atom. The van der Waals surface area contributed by atoms with Crippen LogP contribution in [0, 0.1) is 24.5 Å². The number of carbonyl (C=O) groups is 3. The van der Waals surface area contributed by atoms with Crippen molar-refractivity contribution in [2.75, 3.05) is 64.7 Å². The first-order valence-electron chi connectivity index (χ1n) is 25.2. The fourth-order valence-corrected chi connectivity index (χ4v) is 11.7. The number of anilines is 1. The Kier molecular flexibility index (Phi) is 13.4. The second-order valence-electron chi connectivity index (χ2n) is 20.3. The molecule has 3 atom stereocenters. The molecule has 6 aromatic rings. The first-order chi connectivity index (χ1) is 34.6. The number of carbonyl (C=O) groups excluding carboxylic acids is 3. The third-order valence-electron chi connectivity index (χ3n) is 15.9. The minimum absolute atomic E-state index is 0.0181. The van der Waals surface area contributed by atoms with Gasteiger partial charge in [-0.05, 0) is 99.9 Å². The molecule has 0 radical (unpaired) electrons. The topological polar surface area (TPSA) is 155 Å². The number of imidazole rings is 1. The largest absolute Gasteiger partial charge is 0.388 e. The van der Waals surface area contributed by atoms with Crippen molar-refractivity contribution < 1.29 is 23.2 Å². The molecule has 1 unspecified atom stereocenters. The molecule has 3 amide bonds. The van der Waals surface area contributed by atoms with Crippen LogP contribution in [0.2, 0.25) is 0 Å². The predicted molar refractivity (Wildman–Crippen MR) is 273 cm³/mol. The monoisotopic (exact) mass is 983 g/mol. The molecule has 18 heteroatoms. The zero-order valence-electron chi connectivity index (χ0n) is 41.9. The fourth-order valence-electron chi connectivity index (χ4n) is 11.7. The molecule has 16 nitrogen and oxygen atoms in total. The lowest BCUT2D eigenvalue weighted by atomic mass is 9.92. The van der Waals surface area contributed by atoms with Gasteiger partial charge in [-0.2, -0.15) is 0 Å². The zero-order valence-corrected chi connectivity index (χ0v) is 41.9. The van der Waals surface area contributed by atoms with Gasteiger partial charge in [0.2, 0.25) is 11.8 Å². The maximum atomic E-state index is 16.1. The van der Waals surface area contributed by atoms with E-state index in [-0.39, 0.29) is 48.1 Å². The van der Waals surface area contributed by atoms with Gasteiger partial charge in [0.05, 0.1) is 16.7 Å². The van der Waals surface area contributed by atoms with E-state index in [1.807, 2.05) is 37.1 Å². The number of rotatable bonds is 11. The van der Waals surface area contributed by atoms with Crippen molar-refractivity contribution >= 4 is 51.0 Å². The molecule has 4 aromatic heterocycles. The highest BCUT2D eigenvalue weighted by molar-refractivity contribution is 6.00. The number of piperazine rings is 1. The summed E-state index contributed by atoms with van der Waals surface area (Å²) in [6.45, 7) is 12.4. The number of hydrogen-bond donors (Lipinski definition) is 2. The molecular weight excluding hydrogens is 921 g/mol. The molecule has 0 spiro atoms. The first kappa shape index (κ1) is 48.8. The van der Waals surface area contributed by atoms with E-state index < -0.39 is 23.5 Å². The number of aryl methyl sites for hydroxylation is 3. The summed E-state index contributed by atoms with van der Waals surface area (Å²) >= 11 is 0. The van der Waals surface area contributed by atoms with E-state index in [4.69, 9.17) is 0 Å². The van der Waals surface area contributed by atoms with Crippen LogP contribution in [0.4, 0.5) is 14.5 Å². The van der Waals surface area contributed by atoms with E-state index >= 15 is 8.78 Å². The van der Waals surface area contributed by atoms with Gasteiger partial charge in [0, 0.05) is 157 Å². The number of halogens is 2. The molecule has 0 aliphatic carbocycles. The van der Waals surface area contributed by atoms with Crippen molar-refractivity contribution in [3.8, 4) is 5.69 Å². The lowest BCUT2D eigenvalue weighted by molar-refractivity contribution is -0.135. The minimum atomic E-state index is -0.879. The summed E-state index contributed by atoms with van der Waals surface area (Å²) in [5.74, 6) is -1.50. The lowest BCUT2D eigenvalue weighted by Gasteiger charge is -2.42. The fraction of sp³-hybridized carbons (Fsp3) is 0.444. The molecule has 3 fully saturated rings. The highest BCUT2D eigenvalue weighted by Gasteiger charge is 2.34. The predicted octanol–water partition coefficient (Wildman–Crippen LogP) is 5.89. The van der Waals surface area contributed by atoms with E-state index in [2.05, 4.69) is 60.9 Å². The second-order valence-corrected chi connectivity index (χ2v) is 20.3. The van der Waals surface area contributed by atoms with Crippen molar-refractivity contribution in [2.45, 2.75) is 77.5 Å². The van der Waals surface area contributed by atoms with Crippen LogP contribution in [0.25, 0.3) is 33.3 Å². The molecule has 2 N–H and O–H groups in total. The number of benzene rings is 2. The zero-order chi connectivity index (χ0) is 50.7. The number of amides is 3. The number of hydrogen-bond acceptors (Lipinski definition) is 10. The van der Waals surface area contributed by atoms with Gasteiger partial charge >= 0.3 is 5.69 Å². The molecule has 4 aliphatic rings. The average molecular weight is 984 g/mol. The number of nitrogens with zero attached hydrogens (tertiary/aromatic N) is 9. The van der Waals surface area contributed by atoms with Crippen LogP contribution < -0.4 is 21.9 Å². The second kappa shape index (κ2) is 19.7. The minimum Gasteiger partial charge on any atom is -0.388 e.